The first-order chi connectivity index (χ1) is 9.39. The van der Waals surface area contributed by atoms with Gasteiger partial charge >= 0.3 is 6.18 Å². The van der Waals surface area contributed by atoms with Crippen LogP contribution in [-0.2, 0) is 12.0 Å². The number of hydrogen-bond donors (Lipinski definition) is 0. The van der Waals surface area contributed by atoms with Crippen molar-refractivity contribution in [2.75, 3.05) is 5.88 Å². The Hall–Kier alpha value is -0.500. The number of aryl methyl sites for hydroxylation is 1. The molecule has 0 saturated heterocycles. The summed E-state index contributed by atoms with van der Waals surface area (Å²) in [4.78, 5) is 4.36. The molecular weight excluding hydrogens is 404 g/mol. The summed E-state index contributed by atoms with van der Waals surface area (Å²) < 4.78 is 42.5. The molecule has 1 saturated carbocycles. The van der Waals surface area contributed by atoms with Gasteiger partial charge in [-0.3, -0.25) is 0 Å². The summed E-state index contributed by atoms with van der Waals surface area (Å²) in [5, 5.41) is 0. The molecule has 1 heterocycles. The SMILES string of the molecule is FC(F)(F)C1(n2c(CCCl)nc3cc(I)ccc32)CC1. The van der Waals surface area contributed by atoms with Crippen molar-refractivity contribution in [3.63, 3.8) is 0 Å². The highest BCUT2D eigenvalue weighted by molar-refractivity contribution is 14.1. The number of nitrogens with zero attached hydrogens (tertiary/aromatic N) is 2. The van der Waals surface area contributed by atoms with Gasteiger partial charge in [0, 0.05) is 15.9 Å². The van der Waals surface area contributed by atoms with Gasteiger partial charge in [-0.2, -0.15) is 13.2 Å². The van der Waals surface area contributed by atoms with Crippen LogP contribution in [-0.4, -0.2) is 21.6 Å². The van der Waals surface area contributed by atoms with Gasteiger partial charge in [-0.25, -0.2) is 4.98 Å². The Bertz CT molecular complexity index is 661. The maximum absolute atomic E-state index is 13.4. The molecule has 108 valence electrons. The van der Waals surface area contributed by atoms with Gasteiger partial charge in [0.05, 0.1) is 11.0 Å². The van der Waals surface area contributed by atoms with Crippen molar-refractivity contribution in [1.82, 2.24) is 9.55 Å². The molecule has 0 N–H and O–H groups in total. The Morgan fingerprint density at radius 2 is 2.05 bits per heavy atom. The van der Waals surface area contributed by atoms with E-state index >= 15 is 0 Å². The van der Waals surface area contributed by atoms with E-state index in [-0.39, 0.29) is 18.7 Å². The Morgan fingerprint density at radius 3 is 2.60 bits per heavy atom. The number of hydrogen-bond acceptors (Lipinski definition) is 1. The molecule has 2 nitrogen and oxygen atoms in total. The second-order valence-electron chi connectivity index (χ2n) is 4.96. The van der Waals surface area contributed by atoms with Crippen LogP contribution in [0.25, 0.3) is 11.0 Å². The van der Waals surface area contributed by atoms with Crippen molar-refractivity contribution >= 4 is 45.2 Å². The molecule has 2 aromatic rings. The minimum Gasteiger partial charge on any atom is -0.312 e. The van der Waals surface area contributed by atoms with Crippen molar-refractivity contribution in [1.29, 1.82) is 0 Å². The zero-order valence-corrected chi connectivity index (χ0v) is 13.3. The van der Waals surface area contributed by atoms with E-state index in [0.717, 1.165) is 3.57 Å². The molecule has 0 spiro atoms. The lowest BCUT2D eigenvalue weighted by Gasteiger charge is -2.23. The van der Waals surface area contributed by atoms with Gasteiger partial charge in [0.1, 0.15) is 11.4 Å². The molecule has 0 unspecified atom stereocenters. The Balaban J connectivity index is 2.25. The monoisotopic (exact) mass is 414 g/mol. The zero-order valence-electron chi connectivity index (χ0n) is 10.3. The average molecular weight is 415 g/mol. The smallest absolute Gasteiger partial charge is 0.312 e. The van der Waals surface area contributed by atoms with E-state index in [1.54, 1.807) is 18.2 Å². The third-order valence-electron chi connectivity index (χ3n) is 3.68. The summed E-state index contributed by atoms with van der Waals surface area (Å²) in [6.07, 6.45) is -3.69. The number of benzene rings is 1. The van der Waals surface area contributed by atoms with Crippen LogP contribution in [0.4, 0.5) is 13.2 Å². The molecule has 3 rings (SSSR count). The van der Waals surface area contributed by atoms with Gasteiger partial charge in [0.15, 0.2) is 0 Å². The van der Waals surface area contributed by atoms with Gasteiger partial charge in [0.25, 0.3) is 0 Å². The number of rotatable bonds is 3. The summed E-state index contributed by atoms with van der Waals surface area (Å²) in [5.74, 6) is 0.681. The molecular formula is C13H11ClF3IN2. The highest BCUT2D eigenvalue weighted by Gasteiger charge is 2.65. The second-order valence-corrected chi connectivity index (χ2v) is 6.59. The maximum Gasteiger partial charge on any atom is 0.412 e. The van der Waals surface area contributed by atoms with Gasteiger partial charge in [-0.1, -0.05) is 0 Å². The topological polar surface area (TPSA) is 17.8 Å². The van der Waals surface area contributed by atoms with E-state index in [1.165, 1.54) is 4.57 Å². The van der Waals surface area contributed by atoms with Crippen LogP contribution in [0.2, 0.25) is 0 Å². The highest BCUT2D eigenvalue weighted by Crippen LogP contribution is 2.56. The lowest BCUT2D eigenvalue weighted by Crippen LogP contribution is -2.36. The van der Waals surface area contributed by atoms with Gasteiger partial charge < -0.3 is 4.57 Å². The standard InChI is InChI=1S/C13H11ClF3IN2/c14-6-3-11-19-9-7-8(18)1-2-10(9)20(11)12(4-5-12)13(15,16)17/h1-2,7H,3-6H2. The molecule has 1 aromatic heterocycles. The Kier molecular flexibility index (Phi) is 3.44. The van der Waals surface area contributed by atoms with Gasteiger partial charge in [0.2, 0.25) is 0 Å². The number of fused-ring (bicyclic) bond motifs is 1. The quantitative estimate of drug-likeness (QED) is 0.535. The molecule has 20 heavy (non-hydrogen) atoms. The first kappa shape index (κ1) is 14.4. The third kappa shape index (κ3) is 2.11. The van der Waals surface area contributed by atoms with E-state index < -0.39 is 11.7 Å². The molecule has 0 radical (unpaired) electrons. The number of alkyl halides is 4. The van der Waals surface area contributed by atoms with Crippen molar-refractivity contribution in [3.05, 3.63) is 27.6 Å². The molecule has 1 aromatic carbocycles. The second kappa shape index (κ2) is 4.76. The molecule has 0 bridgehead atoms. The average Bonchev–Trinajstić information content (AvgIpc) is 3.07. The first-order valence-corrected chi connectivity index (χ1v) is 7.80. The van der Waals surface area contributed by atoms with E-state index in [9.17, 15) is 13.2 Å². The third-order valence-corrected chi connectivity index (χ3v) is 4.54. The predicted octanol–water partition coefficient (Wildman–Crippen LogP) is 4.47. The van der Waals surface area contributed by atoms with E-state index in [2.05, 4.69) is 27.6 Å². The fourth-order valence-electron chi connectivity index (χ4n) is 2.59. The Labute approximate surface area is 132 Å². The summed E-state index contributed by atoms with van der Waals surface area (Å²) in [6.45, 7) is 0. The fourth-order valence-corrected chi connectivity index (χ4v) is 3.23. The predicted molar refractivity (Wildman–Crippen MR) is 80.1 cm³/mol. The van der Waals surface area contributed by atoms with Crippen molar-refractivity contribution in [2.24, 2.45) is 0 Å². The summed E-state index contributed by atoms with van der Waals surface area (Å²) >= 11 is 7.84. The van der Waals surface area contributed by atoms with Crippen LogP contribution >= 0.6 is 34.2 Å². The van der Waals surface area contributed by atoms with Crippen LogP contribution in [0.5, 0.6) is 0 Å². The van der Waals surface area contributed by atoms with Crippen molar-refractivity contribution < 1.29 is 13.2 Å². The van der Waals surface area contributed by atoms with Crippen LogP contribution < -0.4 is 0 Å². The van der Waals surface area contributed by atoms with E-state index in [0.29, 0.717) is 23.3 Å². The van der Waals surface area contributed by atoms with Crippen LogP contribution in [0.15, 0.2) is 18.2 Å². The Morgan fingerprint density at radius 1 is 1.35 bits per heavy atom. The first-order valence-electron chi connectivity index (χ1n) is 6.19. The van der Waals surface area contributed by atoms with Crippen LogP contribution in [0.1, 0.15) is 18.7 Å². The zero-order chi connectivity index (χ0) is 14.5. The minimum absolute atomic E-state index is 0.114. The number of halogens is 5. The largest absolute Gasteiger partial charge is 0.412 e. The molecule has 1 aliphatic rings. The van der Waals surface area contributed by atoms with Crippen molar-refractivity contribution in [3.8, 4) is 0 Å². The van der Waals surface area contributed by atoms with Crippen LogP contribution in [0, 0.1) is 3.57 Å². The normalized spacial score (nSPS) is 17.6. The van der Waals surface area contributed by atoms with Gasteiger partial charge in [-0.15, -0.1) is 11.6 Å². The van der Waals surface area contributed by atoms with Crippen molar-refractivity contribution in [2.45, 2.75) is 31.0 Å². The molecule has 7 heteroatoms. The summed E-state index contributed by atoms with van der Waals surface area (Å²) in [5.41, 5.74) is -0.636. The molecule has 1 fully saturated rings. The lowest BCUT2D eigenvalue weighted by atomic mass is 10.2. The number of imidazole rings is 1. The highest BCUT2D eigenvalue weighted by atomic mass is 127. The molecule has 0 amide bonds. The summed E-state index contributed by atoms with van der Waals surface area (Å²) in [6, 6.07) is 5.32. The van der Waals surface area contributed by atoms with Gasteiger partial charge in [-0.05, 0) is 53.6 Å². The molecule has 0 aliphatic heterocycles. The fraction of sp³-hybridized carbons (Fsp3) is 0.462. The summed E-state index contributed by atoms with van der Waals surface area (Å²) in [7, 11) is 0. The number of aromatic nitrogens is 2. The molecule has 1 aliphatic carbocycles. The molecule has 0 atom stereocenters. The minimum atomic E-state index is -4.26. The van der Waals surface area contributed by atoms with E-state index in [1.807, 2.05) is 0 Å². The van der Waals surface area contributed by atoms with E-state index in [4.69, 9.17) is 11.6 Å². The maximum atomic E-state index is 13.4. The van der Waals surface area contributed by atoms with Crippen LogP contribution in [0.3, 0.4) is 0 Å². The lowest BCUT2D eigenvalue weighted by molar-refractivity contribution is -0.179.